The molecule has 5 N–H and O–H groups in total. The molecule has 0 bridgehead atoms. The molecule has 0 spiro atoms. The summed E-state index contributed by atoms with van der Waals surface area (Å²) in [6.07, 6.45) is 18.9. The second-order valence-corrected chi connectivity index (χ2v) is 14.9. The van der Waals surface area contributed by atoms with Gasteiger partial charge in [0.15, 0.2) is 0 Å². The summed E-state index contributed by atoms with van der Waals surface area (Å²) < 4.78 is 0. The van der Waals surface area contributed by atoms with Gasteiger partial charge in [-0.15, -0.1) is 0 Å². The number of amides is 1. The van der Waals surface area contributed by atoms with Crippen LogP contribution in [0.25, 0.3) is 0 Å². The van der Waals surface area contributed by atoms with Crippen molar-refractivity contribution in [1.82, 2.24) is 15.3 Å². The van der Waals surface area contributed by atoms with Crippen molar-refractivity contribution in [2.75, 3.05) is 0 Å². The molecule has 3 saturated carbocycles. The monoisotopic (exact) mass is 538 g/mol. The van der Waals surface area contributed by atoms with Gasteiger partial charge in [0, 0.05) is 19.0 Å². The summed E-state index contributed by atoms with van der Waals surface area (Å²) in [6.45, 7) is 12.4. The number of imidazole rings is 1. The van der Waals surface area contributed by atoms with Crippen LogP contribution in [0.15, 0.2) is 24.2 Å². The highest BCUT2D eigenvalue weighted by Gasteiger charge is 2.60. The normalized spacial score (nSPS) is 39.3. The molecule has 218 valence electrons. The number of nitrogens with zero attached hydrogens (tertiary/aromatic N) is 1. The third kappa shape index (κ3) is 5.49. The first-order valence-electron chi connectivity index (χ1n) is 15.9. The number of nitrogens with two attached hydrogens (primary N) is 1. The number of aromatic amines is 1. The Hall–Kier alpha value is -1.66. The predicted octanol–water partition coefficient (Wildman–Crippen LogP) is 6.13. The number of carbonyl (C=O) groups is 1. The zero-order valence-electron chi connectivity index (χ0n) is 25.1. The average Bonchev–Trinajstić information content (AvgIpc) is 3.51. The maximum absolute atomic E-state index is 12.9. The Bertz CT molecular complexity index is 1040. The number of allylic oxidation sites excluding steroid dienone is 1. The SMILES string of the molecule is CC(C)CCC[C@@H](C)[C@H]1CC[C@H]2[C@@H]3CC=C4CC(O)(NC(=O)[C@@H](N)Cc5c[nH]cn5)CC[C@]4(C)[C@H]3CC[C@]12C. The summed E-state index contributed by atoms with van der Waals surface area (Å²) in [5, 5.41) is 14.4. The zero-order chi connectivity index (χ0) is 28.0. The number of aliphatic hydroxyl groups is 1. The summed E-state index contributed by atoms with van der Waals surface area (Å²) in [4.78, 5) is 20.0. The van der Waals surface area contributed by atoms with Crippen LogP contribution in [0.2, 0.25) is 0 Å². The molecular formula is C33H54N4O2. The molecule has 0 aromatic carbocycles. The summed E-state index contributed by atoms with van der Waals surface area (Å²) in [6, 6.07) is -0.727. The van der Waals surface area contributed by atoms with Crippen LogP contribution in [0.4, 0.5) is 0 Å². The highest BCUT2D eigenvalue weighted by Crippen LogP contribution is 2.67. The van der Waals surface area contributed by atoms with E-state index in [2.05, 4.69) is 56.0 Å². The Morgan fingerprint density at radius 1 is 1.15 bits per heavy atom. The Kier molecular flexibility index (Phi) is 8.11. The minimum absolute atomic E-state index is 0.124. The van der Waals surface area contributed by atoms with Crippen LogP contribution in [0.5, 0.6) is 0 Å². The van der Waals surface area contributed by atoms with Crippen molar-refractivity contribution in [2.45, 2.75) is 123 Å². The molecule has 0 aliphatic heterocycles. The molecule has 1 amide bonds. The van der Waals surface area contributed by atoms with E-state index in [1.54, 1.807) is 12.5 Å². The van der Waals surface area contributed by atoms with E-state index >= 15 is 0 Å². The topological polar surface area (TPSA) is 104 Å². The third-order valence-corrected chi connectivity index (χ3v) is 12.0. The fraction of sp³-hybridized carbons (Fsp3) is 0.818. The molecule has 4 aliphatic rings. The number of hydrogen-bond acceptors (Lipinski definition) is 4. The number of hydrogen-bond donors (Lipinski definition) is 4. The van der Waals surface area contributed by atoms with Crippen LogP contribution < -0.4 is 11.1 Å². The maximum atomic E-state index is 12.9. The van der Waals surface area contributed by atoms with Crippen molar-refractivity contribution in [3.8, 4) is 0 Å². The third-order valence-electron chi connectivity index (χ3n) is 12.0. The standard InChI is InChI=1S/C33H54N4O2/c1-21(2)7-6-8-22(3)26-11-12-27-25-10-9-23-18-33(39,37-30(38)29(34)17-24-19-35-20-36-24)16-15-31(23,4)28(25)13-14-32(26,27)5/h9,19-22,25-29,39H,6-8,10-18,34H2,1-5H3,(H,35,36)(H,37,38)/t22-,25+,26-,27+,28+,29+,31+,32-,33?/m1/s1. The van der Waals surface area contributed by atoms with E-state index in [4.69, 9.17) is 5.73 Å². The zero-order valence-corrected chi connectivity index (χ0v) is 25.1. The highest BCUT2D eigenvalue weighted by molar-refractivity contribution is 5.82. The largest absolute Gasteiger partial charge is 0.371 e. The quantitative estimate of drug-likeness (QED) is 0.224. The van der Waals surface area contributed by atoms with Crippen molar-refractivity contribution < 1.29 is 9.90 Å². The molecule has 4 aliphatic carbocycles. The van der Waals surface area contributed by atoms with E-state index in [-0.39, 0.29) is 11.3 Å². The van der Waals surface area contributed by atoms with Gasteiger partial charge in [-0.1, -0.05) is 65.5 Å². The molecule has 6 nitrogen and oxygen atoms in total. The smallest absolute Gasteiger partial charge is 0.239 e. The lowest BCUT2D eigenvalue weighted by atomic mass is 9.46. The average molecular weight is 539 g/mol. The van der Waals surface area contributed by atoms with Crippen LogP contribution in [0, 0.1) is 46.3 Å². The van der Waals surface area contributed by atoms with Gasteiger partial charge in [-0.25, -0.2) is 4.98 Å². The minimum Gasteiger partial charge on any atom is -0.371 e. The Labute approximate surface area is 236 Å². The molecule has 0 saturated heterocycles. The van der Waals surface area contributed by atoms with Crippen LogP contribution in [-0.4, -0.2) is 32.7 Å². The van der Waals surface area contributed by atoms with E-state index in [1.807, 2.05) is 0 Å². The summed E-state index contributed by atoms with van der Waals surface area (Å²) in [7, 11) is 0. The lowest BCUT2D eigenvalue weighted by molar-refractivity contribution is -0.134. The number of rotatable bonds is 9. The van der Waals surface area contributed by atoms with Crippen molar-refractivity contribution >= 4 is 5.91 Å². The Morgan fingerprint density at radius 3 is 2.67 bits per heavy atom. The molecule has 1 heterocycles. The van der Waals surface area contributed by atoms with Gasteiger partial charge in [0.2, 0.25) is 5.91 Å². The minimum atomic E-state index is -1.22. The molecule has 3 fully saturated rings. The van der Waals surface area contributed by atoms with Crippen LogP contribution >= 0.6 is 0 Å². The fourth-order valence-electron chi connectivity index (χ4n) is 9.82. The molecular weight excluding hydrogens is 484 g/mol. The van der Waals surface area contributed by atoms with Gasteiger partial charge < -0.3 is 21.1 Å². The first kappa shape index (κ1) is 28.9. The lowest BCUT2D eigenvalue weighted by Crippen LogP contribution is -2.59. The number of fused-ring (bicyclic) bond motifs is 5. The molecule has 1 unspecified atom stereocenters. The number of nitrogens with one attached hydrogen (secondary N) is 2. The van der Waals surface area contributed by atoms with Crippen molar-refractivity contribution in [3.63, 3.8) is 0 Å². The van der Waals surface area contributed by atoms with E-state index in [9.17, 15) is 9.90 Å². The summed E-state index contributed by atoms with van der Waals surface area (Å²) >= 11 is 0. The highest BCUT2D eigenvalue weighted by atomic mass is 16.3. The maximum Gasteiger partial charge on any atom is 0.239 e. The lowest BCUT2D eigenvalue weighted by Gasteiger charge is -2.59. The Morgan fingerprint density at radius 2 is 1.95 bits per heavy atom. The summed E-state index contributed by atoms with van der Waals surface area (Å²) in [5.41, 5.74) is 7.67. The Balaban J connectivity index is 1.24. The first-order valence-corrected chi connectivity index (χ1v) is 15.9. The molecule has 39 heavy (non-hydrogen) atoms. The van der Waals surface area contributed by atoms with Crippen LogP contribution in [0.1, 0.15) is 111 Å². The van der Waals surface area contributed by atoms with Crippen LogP contribution in [-0.2, 0) is 11.2 Å². The van der Waals surface area contributed by atoms with Crippen molar-refractivity contribution in [2.24, 2.45) is 52.1 Å². The van der Waals surface area contributed by atoms with Gasteiger partial charge in [0.25, 0.3) is 0 Å². The summed E-state index contributed by atoms with van der Waals surface area (Å²) in [5.74, 6) is 4.47. The van der Waals surface area contributed by atoms with Crippen molar-refractivity contribution in [1.29, 1.82) is 0 Å². The predicted molar refractivity (Wildman–Crippen MR) is 156 cm³/mol. The molecule has 5 rings (SSSR count). The van der Waals surface area contributed by atoms with Gasteiger partial charge in [0.1, 0.15) is 5.72 Å². The van der Waals surface area contributed by atoms with Crippen molar-refractivity contribution in [3.05, 3.63) is 29.9 Å². The van der Waals surface area contributed by atoms with E-state index in [0.29, 0.717) is 30.6 Å². The first-order chi connectivity index (χ1) is 18.4. The second-order valence-electron chi connectivity index (χ2n) is 14.9. The fourth-order valence-corrected chi connectivity index (χ4v) is 9.82. The number of carbonyl (C=O) groups excluding carboxylic acids is 1. The van der Waals surface area contributed by atoms with Gasteiger partial charge in [-0.05, 0) is 91.3 Å². The number of H-pyrrole nitrogens is 1. The van der Waals surface area contributed by atoms with Gasteiger partial charge >= 0.3 is 0 Å². The molecule has 0 radical (unpaired) electrons. The van der Waals surface area contributed by atoms with Gasteiger partial charge in [0.05, 0.1) is 18.1 Å². The number of aromatic nitrogens is 2. The second kappa shape index (κ2) is 11.0. The molecule has 1 aromatic rings. The van der Waals surface area contributed by atoms with Crippen LogP contribution in [0.3, 0.4) is 0 Å². The molecule has 6 heteroatoms. The van der Waals surface area contributed by atoms with E-state index < -0.39 is 11.8 Å². The van der Waals surface area contributed by atoms with Gasteiger partial charge in [-0.3, -0.25) is 4.79 Å². The molecule has 9 atom stereocenters. The van der Waals surface area contributed by atoms with Gasteiger partial charge in [-0.2, -0.15) is 0 Å². The van der Waals surface area contributed by atoms with E-state index in [0.717, 1.165) is 48.1 Å². The molecule has 1 aromatic heterocycles. The van der Waals surface area contributed by atoms with E-state index in [1.165, 1.54) is 50.5 Å².